The van der Waals surface area contributed by atoms with Crippen molar-refractivity contribution in [2.75, 3.05) is 5.32 Å². The number of hydrogen-bond donors (Lipinski definition) is 1. The topological polar surface area (TPSA) is 38.1 Å². The van der Waals surface area contributed by atoms with E-state index < -0.39 is 0 Å². The minimum absolute atomic E-state index is 0.149. The average molecular weight is 325 g/mol. The van der Waals surface area contributed by atoms with Gasteiger partial charge in [0, 0.05) is 11.1 Å². The van der Waals surface area contributed by atoms with Gasteiger partial charge < -0.3 is 9.73 Å². The van der Waals surface area contributed by atoms with Gasteiger partial charge >= 0.3 is 0 Å². The minimum Gasteiger partial charge on any atom is -0.467 e. The zero-order valence-electron chi connectivity index (χ0n) is 10.2. The Hall–Kier alpha value is -1.49. The molecule has 0 aromatic carbocycles. The molecule has 3 aromatic rings. The molecule has 3 heterocycles. The zero-order chi connectivity index (χ0) is 13.9. The molecule has 0 saturated carbocycles. The van der Waals surface area contributed by atoms with Gasteiger partial charge in [-0.2, -0.15) is 0 Å². The van der Waals surface area contributed by atoms with E-state index in [0.717, 1.165) is 20.7 Å². The average Bonchev–Trinajstić information content (AvgIpc) is 3.09. The van der Waals surface area contributed by atoms with Crippen LogP contribution in [0.2, 0.25) is 9.49 Å². The summed E-state index contributed by atoms with van der Waals surface area (Å²) in [4.78, 5) is 5.11. The molecule has 3 nitrogen and oxygen atoms in total. The van der Waals surface area contributed by atoms with Crippen LogP contribution in [0.15, 0.2) is 53.3 Å². The van der Waals surface area contributed by atoms with Crippen molar-refractivity contribution in [2.24, 2.45) is 0 Å². The lowest BCUT2D eigenvalue weighted by Crippen LogP contribution is -2.10. The fourth-order valence-electron chi connectivity index (χ4n) is 1.87. The second kappa shape index (κ2) is 5.87. The zero-order valence-corrected chi connectivity index (χ0v) is 12.5. The van der Waals surface area contributed by atoms with Crippen molar-refractivity contribution in [3.63, 3.8) is 0 Å². The Morgan fingerprint density at radius 1 is 1.15 bits per heavy atom. The van der Waals surface area contributed by atoms with Crippen LogP contribution in [0.1, 0.15) is 16.7 Å². The Labute approximate surface area is 130 Å². The summed E-state index contributed by atoms with van der Waals surface area (Å²) in [6.45, 7) is 0. The SMILES string of the molecule is Clc1ccc(C(Nc2cccnc2Cl)c2ccco2)s1. The molecule has 0 aliphatic rings. The maximum absolute atomic E-state index is 6.10. The molecular formula is C14H10Cl2N2OS. The standard InChI is InChI=1S/C14H10Cl2N2OS/c15-12-6-5-11(20-12)13(10-4-2-8-19-10)18-9-3-1-7-17-14(9)16/h1-8,13,18H. The summed E-state index contributed by atoms with van der Waals surface area (Å²) in [5, 5.41) is 3.77. The maximum atomic E-state index is 6.10. The first-order chi connectivity index (χ1) is 9.74. The van der Waals surface area contributed by atoms with Crippen molar-refractivity contribution in [1.82, 2.24) is 4.98 Å². The molecule has 0 amide bonds. The van der Waals surface area contributed by atoms with Crippen molar-refractivity contribution < 1.29 is 4.42 Å². The molecule has 1 unspecified atom stereocenters. The van der Waals surface area contributed by atoms with E-state index in [4.69, 9.17) is 27.6 Å². The highest BCUT2D eigenvalue weighted by atomic mass is 35.5. The van der Waals surface area contributed by atoms with Gasteiger partial charge in [0.05, 0.1) is 16.3 Å². The third kappa shape index (κ3) is 2.82. The fourth-order valence-corrected chi connectivity index (χ4v) is 3.17. The number of furan rings is 1. The Balaban J connectivity index is 1.97. The van der Waals surface area contributed by atoms with Crippen LogP contribution in [0, 0.1) is 0 Å². The largest absolute Gasteiger partial charge is 0.467 e. The second-order valence-electron chi connectivity index (χ2n) is 4.08. The van der Waals surface area contributed by atoms with Crippen LogP contribution in [0.4, 0.5) is 5.69 Å². The maximum Gasteiger partial charge on any atom is 0.152 e. The van der Waals surface area contributed by atoms with Gasteiger partial charge in [0.15, 0.2) is 5.15 Å². The normalized spacial score (nSPS) is 12.3. The van der Waals surface area contributed by atoms with Crippen LogP contribution < -0.4 is 5.32 Å². The third-order valence-corrected chi connectivity index (χ3v) is 4.36. The van der Waals surface area contributed by atoms with Gasteiger partial charge in [-0.15, -0.1) is 11.3 Å². The van der Waals surface area contributed by atoms with Crippen LogP contribution in [-0.4, -0.2) is 4.98 Å². The van der Waals surface area contributed by atoms with Crippen LogP contribution >= 0.6 is 34.5 Å². The Bertz CT molecular complexity index is 697. The summed E-state index contributed by atoms with van der Waals surface area (Å²) in [7, 11) is 0. The van der Waals surface area contributed by atoms with Gasteiger partial charge in [-0.3, -0.25) is 0 Å². The Kier molecular flexibility index (Phi) is 3.96. The highest BCUT2D eigenvalue weighted by Crippen LogP contribution is 2.34. The molecule has 1 atom stereocenters. The van der Waals surface area contributed by atoms with Crippen LogP contribution in [0.5, 0.6) is 0 Å². The Morgan fingerprint density at radius 3 is 2.70 bits per heavy atom. The first kappa shape index (κ1) is 13.5. The Morgan fingerprint density at radius 2 is 2.05 bits per heavy atom. The molecule has 1 N–H and O–H groups in total. The van der Waals surface area contributed by atoms with E-state index in [0.29, 0.717) is 5.15 Å². The number of rotatable bonds is 4. The van der Waals surface area contributed by atoms with Crippen molar-refractivity contribution >= 4 is 40.2 Å². The van der Waals surface area contributed by atoms with Crippen molar-refractivity contribution in [3.05, 3.63) is 69.0 Å². The monoisotopic (exact) mass is 324 g/mol. The van der Waals surface area contributed by atoms with E-state index in [2.05, 4.69) is 10.3 Å². The summed E-state index contributed by atoms with van der Waals surface area (Å²) in [6, 6.07) is 11.2. The molecule has 0 radical (unpaired) electrons. The van der Waals surface area contributed by atoms with Gasteiger partial charge in [0.2, 0.25) is 0 Å². The quantitative estimate of drug-likeness (QED) is 0.666. The molecule has 0 aliphatic carbocycles. The third-order valence-electron chi connectivity index (χ3n) is 2.77. The molecule has 0 fully saturated rings. The fraction of sp³-hybridized carbons (Fsp3) is 0.0714. The summed E-state index contributed by atoms with van der Waals surface area (Å²) in [5.41, 5.74) is 0.750. The molecule has 102 valence electrons. The van der Waals surface area contributed by atoms with Crippen LogP contribution in [0.3, 0.4) is 0 Å². The predicted molar refractivity (Wildman–Crippen MR) is 82.7 cm³/mol. The number of halogens is 2. The first-order valence-electron chi connectivity index (χ1n) is 5.90. The van der Waals surface area contributed by atoms with E-state index in [-0.39, 0.29) is 6.04 Å². The number of thiophene rings is 1. The first-order valence-corrected chi connectivity index (χ1v) is 7.47. The highest BCUT2D eigenvalue weighted by Gasteiger charge is 2.20. The number of aromatic nitrogens is 1. The van der Waals surface area contributed by atoms with E-state index >= 15 is 0 Å². The molecule has 20 heavy (non-hydrogen) atoms. The number of anilines is 1. The lowest BCUT2D eigenvalue weighted by molar-refractivity contribution is 0.501. The molecule has 0 bridgehead atoms. The minimum atomic E-state index is -0.149. The summed E-state index contributed by atoms with van der Waals surface area (Å²) in [6.07, 6.45) is 3.29. The lowest BCUT2D eigenvalue weighted by Gasteiger charge is -2.17. The summed E-state index contributed by atoms with van der Waals surface area (Å²) in [5.74, 6) is 0.795. The van der Waals surface area contributed by atoms with Gasteiger partial charge in [-0.1, -0.05) is 23.2 Å². The van der Waals surface area contributed by atoms with Gasteiger partial charge in [-0.05, 0) is 36.4 Å². The highest BCUT2D eigenvalue weighted by molar-refractivity contribution is 7.16. The molecule has 3 rings (SSSR count). The van der Waals surface area contributed by atoms with Crippen LogP contribution in [0.25, 0.3) is 0 Å². The molecule has 0 aliphatic heterocycles. The van der Waals surface area contributed by atoms with Crippen molar-refractivity contribution in [2.45, 2.75) is 6.04 Å². The van der Waals surface area contributed by atoms with E-state index in [1.165, 1.54) is 11.3 Å². The van der Waals surface area contributed by atoms with Gasteiger partial charge in [0.1, 0.15) is 11.8 Å². The van der Waals surface area contributed by atoms with Gasteiger partial charge in [-0.25, -0.2) is 4.98 Å². The summed E-state index contributed by atoms with van der Waals surface area (Å²) >= 11 is 13.6. The van der Waals surface area contributed by atoms with E-state index in [9.17, 15) is 0 Å². The molecular weight excluding hydrogens is 315 g/mol. The predicted octanol–water partition coefficient (Wildman–Crippen LogP) is 5.24. The number of hydrogen-bond acceptors (Lipinski definition) is 4. The van der Waals surface area contributed by atoms with Crippen LogP contribution in [-0.2, 0) is 0 Å². The molecule has 6 heteroatoms. The van der Waals surface area contributed by atoms with E-state index in [1.54, 1.807) is 12.5 Å². The second-order valence-corrected chi connectivity index (χ2v) is 6.18. The van der Waals surface area contributed by atoms with Gasteiger partial charge in [0.25, 0.3) is 0 Å². The van der Waals surface area contributed by atoms with Crippen molar-refractivity contribution in [1.29, 1.82) is 0 Å². The molecule has 3 aromatic heterocycles. The molecule has 0 spiro atoms. The summed E-state index contributed by atoms with van der Waals surface area (Å²) < 4.78 is 6.24. The number of pyridine rings is 1. The van der Waals surface area contributed by atoms with Crippen molar-refractivity contribution in [3.8, 4) is 0 Å². The number of nitrogens with one attached hydrogen (secondary N) is 1. The molecule has 0 saturated heterocycles. The smallest absolute Gasteiger partial charge is 0.152 e. The van der Waals surface area contributed by atoms with E-state index in [1.807, 2.05) is 36.4 Å². The number of nitrogens with zero attached hydrogens (tertiary/aromatic N) is 1. The lowest BCUT2D eigenvalue weighted by atomic mass is 10.2.